The fraction of sp³-hybridized carbons (Fsp3) is 0.480. The molecule has 0 bridgehead atoms. The van der Waals surface area contributed by atoms with E-state index in [1.165, 1.54) is 9.13 Å². The number of piperidine rings is 1. The number of fused-ring (bicyclic) bond motifs is 1. The average molecular weight is 451 g/mol. The van der Waals surface area contributed by atoms with Gasteiger partial charge in [-0.1, -0.05) is 41.5 Å². The number of imidazole rings is 1. The van der Waals surface area contributed by atoms with Gasteiger partial charge in [0.1, 0.15) is 0 Å². The average Bonchev–Trinajstić information content (AvgIpc) is 3.16. The van der Waals surface area contributed by atoms with Gasteiger partial charge in [0.2, 0.25) is 5.95 Å². The van der Waals surface area contributed by atoms with E-state index in [1.54, 1.807) is 7.05 Å². The smallest absolute Gasteiger partial charge is 0.332 e. The van der Waals surface area contributed by atoms with E-state index < -0.39 is 0 Å². The molecule has 1 fully saturated rings. The van der Waals surface area contributed by atoms with Gasteiger partial charge in [-0.2, -0.15) is 4.98 Å². The molecule has 0 amide bonds. The summed E-state index contributed by atoms with van der Waals surface area (Å²) in [5.41, 5.74) is 9.91. The fourth-order valence-corrected chi connectivity index (χ4v) is 4.55. The second-order valence-corrected chi connectivity index (χ2v) is 9.36. The van der Waals surface area contributed by atoms with E-state index in [4.69, 9.17) is 10.7 Å². The van der Waals surface area contributed by atoms with Crippen molar-refractivity contribution in [2.45, 2.75) is 59.2 Å². The third kappa shape index (κ3) is 4.66. The maximum Gasteiger partial charge on any atom is 0.332 e. The van der Waals surface area contributed by atoms with Crippen molar-refractivity contribution < 1.29 is 0 Å². The molecule has 8 nitrogen and oxygen atoms in total. The number of allylic oxidation sites excluding steroid dienone is 2. The van der Waals surface area contributed by atoms with Crippen molar-refractivity contribution in [2.75, 3.05) is 18.0 Å². The summed E-state index contributed by atoms with van der Waals surface area (Å²) >= 11 is 0. The highest BCUT2D eigenvalue weighted by atomic mass is 16.2. The first-order valence-corrected chi connectivity index (χ1v) is 11.7. The quantitative estimate of drug-likeness (QED) is 0.582. The molecule has 0 saturated carbocycles. The van der Waals surface area contributed by atoms with E-state index in [0.717, 1.165) is 36.1 Å². The fourth-order valence-electron chi connectivity index (χ4n) is 4.55. The predicted molar refractivity (Wildman–Crippen MR) is 133 cm³/mol. The van der Waals surface area contributed by atoms with Crippen molar-refractivity contribution >= 4 is 17.1 Å². The van der Waals surface area contributed by atoms with Gasteiger partial charge < -0.3 is 15.2 Å². The van der Waals surface area contributed by atoms with Crippen molar-refractivity contribution in [3.8, 4) is 0 Å². The molecule has 3 aromatic rings. The summed E-state index contributed by atoms with van der Waals surface area (Å²) in [7, 11) is 1.69. The summed E-state index contributed by atoms with van der Waals surface area (Å²) in [6.45, 7) is 8.47. The highest BCUT2D eigenvalue weighted by Crippen LogP contribution is 2.23. The molecular formula is C25H34N6O2. The van der Waals surface area contributed by atoms with Crippen LogP contribution in [0, 0.1) is 6.92 Å². The van der Waals surface area contributed by atoms with Gasteiger partial charge in [0, 0.05) is 39.3 Å². The second-order valence-electron chi connectivity index (χ2n) is 9.36. The van der Waals surface area contributed by atoms with Crippen LogP contribution in [0.25, 0.3) is 11.2 Å². The highest BCUT2D eigenvalue weighted by molar-refractivity contribution is 5.74. The van der Waals surface area contributed by atoms with Crippen LogP contribution in [0.5, 0.6) is 0 Å². The van der Waals surface area contributed by atoms with Crippen LogP contribution in [-0.4, -0.2) is 37.8 Å². The molecule has 33 heavy (non-hydrogen) atoms. The van der Waals surface area contributed by atoms with E-state index in [0.29, 0.717) is 43.2 Å². The molecule has 1 unspecified atom stereocenters. The number of benzene rings is 1. The van der Waals surface area contributed by atoms with Gasteiger partial charge in [-0.15, -0.1) is 0 Å². The number of anilines is 1. The third-order valence-electron chi connectivity index (χ3n) is 6.34. The van der Waals surface area contributed by atoms with Crippen LogP contribution in [0.2, 0.25) is 0 Å². The standard InChI is InChI=1S/C25H34N6O2/c1-17(2)10-13-30-21-22(27-24(30)29-12-6-9-20(26)16-29)28(4)25(33)31(23(21)32)14-11-19-8-5-7-18(3)15-19/h5,7-8,10,15,20H,6,9,11-14,16,26H2,1-4H3. The van der Waals surface area contributed by atoms with Gasteiger partial charge in [-0.3, -0.25) is 13.9 Å². The van der Waals surface area contributed by atoms with Crippen LogP contribution >= 0.6 is 0 Å². The molecule has 2 aromatic heterocycles. The lowest BCUT2D eigenvalue weighted by atomic mass is 10.1. The zero-order chi connectivity index (χ0) is 23.7. The maximum atomic E-state index is 13.6. The summed E-state index contributed by atoms with van der Waals surface area (Å²) < 4.78 is 4.79. The number of nitrogens with zero attached hydrogens (tertiary/aromatic N) is 5. The Balaban J connectivity index is 1.84. The summed E-state index contributed by atoms with van der Waals surface area (Å²) in [6.07, 6.45) is 4.65. The SMILES string of the molecule is CC(C)=CCn1c(N2CCCC(N)C2)nc2c1c(=O)n(CCc1cccc(C)c1)c(=O)n2C. The molecule has 1 atom stereocenters. The van der Waals surface area contributed by atoms with Gasteiger partial charge >= 0.3 is 5.69 Å². The number of hydrogen-bond donors (Lipinski definition) is 1. The van der Waals surface area contributed by atoms with Crippen molar-refractivity contribution in [3.63, 3.8) is 0 Å². The van der Waals surface area contributed by atoms with E-state index in [-0.39, 0.29) is 17.3 Å². The molecule has 0 spiro atoms. The van der Waals surface area contributed by atoms with Gasteiger partial charge in [-0.25, -0.2) is 4.79 Å². The zero-order valence-corrected chi connectivity index (χ0v) is 20.0. The van der Waals surface area contributed by atoms with Crippen molar-refractivity contribution in [1.82, 2.24) is 18.7 Å². The van der Waals surface area contributed by atoms with Crippen LogP contribution in [0.4, 0.5) is 5.95 Å². The van der Waals surface area contributed by atoms with Gasteiger partial charge in [-0.05, 0) is 45.6 Å². The molecule has 176 valence electrons. The number of hydrogen-bond acceptors (Lipinski definition) is 5. The topological polar surface area (TPSA) is 91.1 Å². The van der Waals surface area contributed by atoms with E-state index in [1.807, 2.05) is 43.5 Å². The van der Waals surface area contributed by atoms with Crippen molar-refractivity contribution in [3.05, 3.63) is 67.9 Å². The number of aryl methyl sites for hydroxylation is 3. The third-order valence-corrected chi connectivity index (χ3v) is 6.34. The molecule has 8 heteroatoms. The Bertz CT molecular complexity index is 1310. The molecule has 0 aliphatic carbocycles. The van der Waals surface area contributed by atoms with Crippen LogP contribution in [-0.2, 0) is 26.6 Å². The minimum atomic E-state index is -0.339. The van der Waals surface area contributed by atoms with E-state index in [9.17, 15) is 9.59 Å². The normalized spacial score (nSPS) is 16.4. The second kappa shape index (κ2) is 9.39. The summed E-state index contributed by atoms with van der Waals surface area (Å²) in [5.74, 6) is 0.709. The van der Waals surface area contributed by atoms with E-state index >= 15 is 0 Å². The summed E-state index contributed by atoms with van der Waals surface area (Å²) in [4.78, 5) is 33.7. The first kappa shape index (κ1) is 23.0. The summed E-state index contributed by atoms with van der Waals surface area (Å²) in [5, 5.41) is 0. The molecule has 1 aliphatic heterocycles. The minimum Gasteiger partial charge on any atom is -0.341 e. The van der Waals surface area contributed by atoms with E-state index in [2.05, 4.69) is 17.0 Å². The Morgan fingerprint density at radius 3 is 2.73 bits per heavy atom. The lowest BCUT2D eigenvalue weighted by Crippen LogP contribution is -2.44. The summed E-state index contributed by atoms with van der Waals surface area (Å²) in [6, 6.07) is 8.23. The Kier molecular flexibility index (Phi) is 6.56. The largest absolute Gasteiger partial charge is 0.341 e. The minimum absolute atomic E-state index is 0.0743. The monoisotopic (exact) mass is 450 g/mol. The predicted octanol–water partition coefficient (Wildman–Crippen LogP) is 2.34. The Labute approximate surface area is 194 Å². The molecule has 2 N–H and O–H groups in total. The van der Waals surface area contributed by atoms with Crippen LogP contribution in [0.15, 0.2) is 45.5 Å². The Morgan fingerprint density at radius 1 is 1.24 bits per heavy atom. The number of aromatic nitrogens is 4. The van der Waals surface area contributed by atoms with Gasteiger partial charge in [0.05, 0.1) is 0 Å². The molecule has 3 heterocycles. The Hall–Kier alpha value is -3.13. The Morgan fingerprint density at radius 2 is 2.03 bits per heavy atom. The maximum absolute atomic E-state index is 13.6. The lowest BCUT2D eigenvalue weighted by molar-refractivity contribution is 0.495. The molecule has 0 radical (unpaired) electrons. The molecule has 1 aliphatic rings. The van der Waals surface area contributed by atoms with Crippen molar-refractivity contribution in [1.29, 1.82) is 0 Å². The van der Waals surface area contributed by atoms with Gasteiger partial charge in [0.25, 0.3) is 5.56 Å². The molecular weight excluding hydrogens is 416 g/mol. The van der Waals surface area contributed by atoms with Crippen molar-refractivity contribution in [2.24, 2.45) is 12.8 Å². The molecule has 4 rings (SSSR count). The first-order valence-electron chi connectivity index (χ1n) is 11.7. The zero-order valence-electron chi connectivity index (χ0n) is 20.0. The number of nitrogens with two attached hydrogens (primary N) is 1. The van der Waals surface area contributed by atoms with Gasteiger partial charge in [0.15, 0.2) is 11.2 Å². The number of rotatable bonds is 6. The molecule has 1 saturated heterocycles. The van der Waals surface area contributed by atoms with Crippen LogP contribution in [0.1, 0.15) is 37.8 Å². The van der Waals surface area contributed by atoms with Crippen LogP contribution < -0.4 is 21.9 Å². The highest BCUT2D eigenvalue weighted by Gasteiger charge is 2.26. The first-order chi connectivity index (χ1) is 15.8. The molecule has 1 aromatic carbocycles. The van der Waals surface area contributed by atoms with Crippen LogP contribution in [0.3, 0.4) is 0 Å². The lowest BCUT2D eigenvalue weighted by Gasteiger charge is -2.31.